The van der Waals surface area contributed by atoms with Gasteiger partial charge in [0.1, 0.15) is 5.75 Å². The largest absolute Gasteiger partial charge is 0.496 e. The SMILES string of the molecule is COc1c(CC2CCCN2)cc(C)cc1C(F)F. The van der Waals surface area contributed by atoms with E-state index in [2.05, 4.69) is 5.32 Å². The van der Waals surface area contributed by atoms with Gasteiger partial charge in [-0.3, -0.25) is 0 Å². The molecule has 1 saturated heterocycles. The van der Waals surface area contributed by atoms with Gasteiger partial charge in [0.15, 0.2) is 0 Å². The summed E-state index contributed by atoms with van der Waals surface area (Å²) in [6.07, 6.45) is 0.516. The van der Waals surface area contributed by atoms with Gasteiger partial charge in [-0.15, -0.1) is 0 Å². The zero-order valence-corrected chi connectivity index (χ0v) is 10.8. The maximum Gasteiger partial charge on any atom is 0.267 e. The van der Waals surface area contributed by atoms with Crippen molar-refractivity contribution in [1.82, 2.24) is 5.32 Å². The molecule has 1 unspecified atom stereocenters. The zero-order chi connectivity index (χ0) is 13.1. The topological polar surface area (TPSA) is 21.3 Å². The smallest absolute Gasteiger partial charge is 0.267 e. The van der Waals surface area contributed by atoms with Crippen LogP contribution in [0.4, 0.5) is 8.78 Å². The minimum Gasteiger partial charge on any atom is -0.496 e. The highest BCUT2D eigenvalue weighted by atomic mass is 19.3. The Kier molecular flexibility index (Phi) is 4.17. The molecule has 0 aromatic heterocycles. The molecule has 2 rings (SSSR count). The van der Waals surface area contributed by atoms with Gasteiger partial charge >= 0.3 is 0 Å². The minimum absolute atomic E-state index is 0.00509. The van der Waals surface area contributed by atoms with E-state index < -0.39 is 6.43 Å². The molecule has 1 aromatic carbocycles. The summed E-state index contributed by atoms with van der Waals surface area (Å²) in [6, 6.07) is 3.84. The molecule has 0 saturated carbocycles. The summed E-state index contributed by atoms with van der Waals surface area (Å²) >= 11 is 0. The van der Waals surface area contributed by atoms with Gasteiger partial charge in [-0.25, -0.2) is 8.78 Å². The molecular formula is C14H19F2NO. The van der Waals surface area contributed by atoms with Crippen molar-refractivity contribution >= 4 is 0 Å². The van der Waals surface area contributed by atoms with Crippen LogP contribution in [0.25, 0.3) is 0 Å². The van der Waals surface area contributed by atoms with Crippen molar-refractivity contribution in [2.75, 3.05) is 13.7 Å². The Morgan fingerprint density at radius 3 is 2.78 bits per heavy atom. The standard InChI is InChI=1S/C14H19F2NO/c1-9-6-10(8-11-4-3-5-17-11)13(18-2)12(7-9)14(15)16/h6-7,11,14,17H,3-5,8H2,1-2H3. The number of ether oxygens (including phenoxy) is 1. The molecule has 0 amide bonds. The van der Waals surface area contributed by atoms with Gasteiger partial charge < -0.3 is 10.1 Å². The number of nitrogens with one attached hydrogen (secondary N) is 1. The predicted octanol–water partition coefficient (Wildman–Crippen LogP) is 3.24. The third-order valence-electron chi connectivity index (χ3n) is 3.41. The Bertz CT molecular complexity index is 415. The highest BCUT2D eigenvalue weighted by molar-refractivity contribution is 5.45. The molecule has 1 aliphatic rings. The number of hydrogen-bond acceptors (Lipinski definition) is 2. The fourth-order valence-electron chi connectivity index (χ4n) is 2.64. The molecule has 0 radical (unpaired) electrons. The second kappa shape index (κ2) is 5.65. The fraction of sp³-hybridized carbons (Fsp3) is 0.571. The molecule has 1 atom stereocenters. The van der Waals surface area contributed by atoms with Crippen molar-refractivity contribution in [1.29, 1.82) is 0 Å². The molecule has 100 valence electrons. The first kappa shape index (κ1) is 13.3. The molecule has 1 aromatic rings. The molecule has 4 heteroatoms. The first-order chi connectivity index (χ1) is 8.61. The maximum atomic E-state index is 13.0. The number of alkyl halides is 2. The Morgan fingerprint density at radius 1 is 1.44 bits per heavy atom. The monoisotopic (exact) mass is 255 g/mol. The Hall–Kier alpha value is -1.16. The summed E-state index contributed by atoms with van der Waals surface area (Å²) in [5.41, 5.74) is 1.75. The molecule has 0 aliphatic carbocycles. The van der Waals surface area contributed by atoms with Gasteiger partial charge in [0, 0.05) is 6.04 Å². The molecule has 1 aliphatic heterocycles. The molecule has 0 spiro atoms. The lowest BCUT2D eigenvalue weighted by Crippen LogP contribution is -2.24. The Morgan fingerprint density at radius 2 is 2.22 bits per heavy atom. The average molecular weight is 255 g/mol. The van der Waals surface area contributed by atoms with Crippen LogP contribution in [0, 0.1) is 6.92 Å². The van der Waals surface area contributed by atoms with Crippen molar-refractivity contribution in [3.63, 3.8) is 0 Å². The lowest BCUT2D eigenvalue weighted by molar-refractivity contribution is 0.146. The molecule has 1 N–H and O–H groups in total. The van der Waals surface area contributed by atoms with Crippen LogP contribution in [0.1, 0.15) is 36.0 Å². The molecular weight excluding hydrogens is 236 g/mol. The summed E-state index contributed by atoms with van der Waals surface area (Å²) in [4.78, 5) is 0. The lowest BCUT2D eigenvalue weighted by atomic mass is 9.98. The van der Waals surface area contributed by atoms with Crippen LogP contribution >= 0.6 is 0 Å². The number of halogens is 2. The van der Waals surface area contributed by atoms with Crippen molar-refractivity contribution < 1.29 is 13.5 Å². The van der Waals surface area contributed by atoms with Crippen LogP contribution in [-0.2, 0) is 6.42 Å². The van der Waals surface area contributed by atoms with Gasteiger partial charge in [-0.1, -0.05) is 11.6 Å². The second-order valence-corrected chi connectivity index (χ2v) is 4.84. The molecule has 2 nitrogen and oxygen atoms in total. The Balaban J connectivity index is 2.31. The van der Waals surface area contributed by atoms with E-state index in [9.17, 15) is 8.78 Å². The van der Waals surface area contributed by atoms with Crippen LogP contribution in [0.2, 0.25) is 0 Å². The minimum atomic E-state index is -2.49. The van der Waals surface area contributed by atoms with E-state index in [-0.39, 0.29) is 5.56 Å². The molecule has 18 heavy (non-hydrogen) atoms. The maximum absolute atomic E-state index is 13.0. The highest BCUT2D eigenvalue weighted by Gasteiger charge is 2.21. The van der Waals surface area contributed by atoms with E-state index in [1.807, 2.05) is 13.0 Å². The summed E-state index contributed by atoms with van der Waals surface area (Å²) in [6.45, 7) is 2.86. The average Bonchev–Trinajstić information content (AvgIpc) is 2.81. The third kappa shape index (κ3) is 2.80. The van der Waals surface area contributed by atoms with Gasteiger partial charge in [0.25, 0.3) is 6.43 Å². The lowest BCUT2D eigenvalue weighted by Gasteiger charge is -2.17. The number of benzene rings is 1. The number of methoxy groups -OCH3 is 1. The number of rotatable bonds is 4. The second-order valence-electron chi connectivity index (χ2n) is 4.84. The summed E-state index contributed by atoms with van der Waals surface area (Å²) < 4.78 is 31.2. The predicted molar refractivity (Wildman–Crippen MR) is 67.4 cm³/mol. The van der Waals surface area contributed by atoms with E-state index in [4.69, 9.17) is 4.74 Å². The van der Waals surface area contributed by atoms with Gasteiger partial charge in [0.05, 0.1) is 12.7 Å². The van der Waals surface area contributed by atoms with Crippen molar-refractivity contribution in [3.05, 3.63) is 28.8 Å². The van der Waals surface area contributed by atoms with Crippen molar-refractivity contribution in [2.24, 2.45) is 0 Å². The van der Waals surface area contributed by atoms with Crippen LogP contribution in [0.3, 0.4) is 0 Å². The van der Waals surface area contributed by atoms with Crippen LogP contribution in [0.15, 0.2) is 12.1 Å². The van der Waals surface area contributed by atoms with E-state index in [0.29, 0.717) is 11.8 Å². The first-order valence-electron chi connectivity index (χ1n) is 6.30. The van der Waals surface area contributed by atoms with E-state index in [0.717, 1.165) is 36.9 Å². The normalized spacial score (nSPS) is 19.5. The molecule has 1 fully saturated rings. The Labute approximate surface area is 106 Å². The third-order valence-corrected chi connectivity index (χ3v) is 3.41. The van der Waals surface area contributed by atoms with Gasteiger partial charge in [-0.05, 0) is 44.4 Å². The van der Waals surface area contributed by atoms with E-state index in [1.54, 1.807) is 0 Å². The van der Waals surface area contributed by atoms with Gasteiger partial charge in [-0.2, -0.15) is 0 Å². The van der Waals surface area contributed by atoms with Crippen molar-refractivity contribution in [3.8, 4) is 5.75 Å². The van der Waals surface area contributed by atoms with Crippen LogP contribution < -0.4 is 10.1 Å². The van der Waals surface area contributed by atoms with Crippen LogP contribution in [0.5, 0.6) is 5.75 Å². The number of aryl methyl sites for hydroxylation is 1. The van der Waals surface area contributed by atoms with Crippen molar-refractivity contribution in [2.45, 2.75) is 38.7 Å². The number of hydrogen-bond donors (Lipinski definition) is 1. The quantitative estimate of drug-likeness (QED) is 0.891. The molecule has 1 heterocycles. The fourth-order valence-corrected chi connectivity index (χ4v) is 2.64. The van der Waals surface area contributed by atoms with Gasteiger partial charge in [0.2, 0.25) is 0 Å². The zero-order valence-electron chi connectivity index (χ0n) is 10.8. The summed E-state index contributed by atoms with van der Waals surface area (Å²) in [5.74, 6) is 0.351. The van der Waals surface area contributed by atoms with Crippen LogP contribution in [-0.4, -0.2) is 19.7 Å². The highest BCUT2D eigenvalue weighted by Crippen LogP contribution is 2.34. The first-order valence-corrected chi connectivity index (χ1v) is 6.30. The molecule has 0 bridgehead atoms. The van der Waals surface area contributed by atoms with E-state index in [1.165, 1.54) is 13.2 Å². The van der Waals surface area contributed by atoms with E-state index >= 15 is 0 Å². The summed E-state index contributed by atoms with van der Waals surface area (Å²) in [7, 11) is 1.46. The summed E-state index contributed by atoms with van der Waals surface area (Å²) in [5, 5.41) is 3.38.